The lowest BCUT2D eigenvalue weighted by Crippen LogP contribution is -2.54. The van der Waals surface area contributed by atoms with Crippen molar-refractivity contribution < 1.29 is 10.2 Å². The van der Waals surface area contributed by atoms with E-state index in [4.69, 9.17) is 0 Å². The highest BCUT2D eigenvalue weighted by atomic mass is 16.3. The van der Waals surface area contributed by atoms with Gasteiger partial charge in [0.1, 0.15) is 5.75 Å². The van der Waals surface area contributed by atoms with Crippen LogP contribution in [0.1, 0.15) is 25.3 Å². The highest BCUT2D eigenvalue weighted by Crippen LogP contribution is 2.31. The van der Waals surface area contributed by atoms with Gasteiger partial charge in [-0.1, -0.05) is 37.3 Å². The number of rotatable bonds is 5. The van der Waals surface area contributed by atoms with Crippen molar-refractivity contribution in [2.75, 3.05) is 18.4 Å². The third kappa shape index (κ3) is 4.08. The van der Waals surface area contributed by atoms with Gasteiger partial charge < -0.3 is 15.5 Å². The molecule has 0 aliphatic carbocycles. The highest BCUT2D eigenvalue weighted by Gasteiger charge is 2.37. The van der Waals surface area contributed by atoms with E-state index in [1.807, 2.05) is 30.3 Å². The van der Waals surface area contributed by atoms with Crippen molar-refractivity contribution in [3.8, 4) is 5.75 Å². The zero-order chi connectivity index (χ0) is 17.0. The third-order valence-electron chi connectivity index (χ3n) is 4.86. The molecule has 4 heteroatoms. The molecule has 3 rings (SSSR count). The van der Waals surface area contributed by atoms with Crippen molar-refractivity contribution in [2.24, 2.45) is 0 Å². The average molecular weight is 326 g/mol. The minimum absolute atomic E-state index is 0.0852. The Balaban J connectivity index is 1.72. The third-order valence-corrected chi connectivity index (χ3v) is 4.86. The average Bonchev–Trinajstić information content (AvgIpc) is 2.58. The minimum Gasteiger partial charge on any atom is -0.508 e. The van der Waals surface area contributed by atoms with E-state index in [1.165, 1.54) is 5.56 Å². The number of phenolic OH excluding ortho intramolecular Hbond substituents is 1. The first-order valence-electron chi connectivity index (χ1n) is 8.64. The molecule has 0 amide bonds. The van der Waals surface area contributed by atoms with E-state index >= 15 is 0 Å². The minimum atomic E-state index is -0.693. The number of anilines is 1. The van der Waals surface area contributed by atoms with E-state index in [-0.39, 0.29) is 11.9 Å². The predicted octanol–water partition coefficient (Wildman–Crippen LogP) is 3.22. The number of hydrogen-bond donors (Lipinski definition) is 3. The molecule has 3 N–H and O–H groups in total. The van der Waals surface area contributed by atoms with Gasteiger partial charge in [-0.25, -0.2) is 0 Å². The molecule has 1 aliphatic rings. The van der Waals surface area contributed by atoms with Crippen LogP contribution in [0.5, 0.6) is 5.75 Å². The van der Waals surface area contributed by atoms with Crippen molar-refractivity contribution >= 4 is 5.69 Å². The molecule has 4 nitrogen and oxygen atoms in total. The van der Waals surface area contributed by atoms with Crippen LogP contribution >= 0.6 is 0 Å². The number of nitrogens with zero attached hydrogens (tertiary/aromatic N) is 1. The lowest BCUT2D eigenvalue weighted by molar-refractivity contribution is -0.0388. The van der Waals surface area contributed by atoms with E-state index in [0.29, 0.717) is 12.8 Å². The van der Waals surface area contributed by atoms with Gasteiger partial charge in [0, 0.05) is 25.1 Å². The van der Waals surface area contributed by atoms with Gasteiger partial charge in [-0.15, -0.1) is 0 Å². The Bertz CT molecular complexity index is 644. The van der Waals surface area contributed by atoms with E-state index in [2.05, 4.69) is 29.3 Å². The van der Waals surface area contributed by atoms with Gasteiger partial charge in [-0.2, -0.15) is 0 Å². The van der Waals surface area contributed by atoms with E-state index in [1.54, 1.807) is 12.1 Å². The van der Waals surface area contributed by atoms with E-state index in [0.717, 1.165) is 25.2 Å². The lowest BCUT2D eigenvalue weighted by atomic mass is 9.83. The summed E-state index contributed by atoms with van der Waals surface area (Å²) in [5.41, 5.74) is 1.44. The molecule has 0 bridgehead atoms. The molecule has 1 fully saturated rings. The van der Waals surface area contributed by atoms with Crippen LogP contribution in [-0.2, 0) is 6.42 Å². The van der Waals surface area contributed by atoms with Crippen LogP contribution in [0.2, 0.25) is 0 Å². The second kappa shape index (κ2) is 7.24. The summed E-state index contributed by atoms with van der Waals surface area (Å²) < 4.78 is 0. The van der Waals surface area contributed by atoms with Gasteiger partial charge in [0.2, 0.25) is 0 Å². The number of phenols is 1. The summed E-state index contributed by atoms with van der Waals surface area (Å²) in [6, 6.07) is 17.3. The van der Waals surface area contributed by atoms with Crippen LogP contribution in [-0.4, -0.2) is 40.0 Å². The molecule has 0 radical (unpaired) electrons. The first-order valence-corrected chi connectivity index (χ1v) is 8.64. The fourth-order valence-corrected chi connectivity index (χ4v) is 3.51. The second-order valence-electron chi connectivity index (χ2n) is 6.68. The Morgan fingerprint density at radius 3 is 2.50 bits per heavy atom. The molecular formula is C20H26N2O2. The Morgan fingerprint density at radius 1 is 1.12 bits per heavy atom. The van der Waals surface area contributed by atoms with Gasteiger partial charge in [-0.3, -0.25) is 4.90 Å². The second-order valence-corrected chi connectivity index (χ2v) is 6.68. The topological polar surface area (TPSA) is 55.7 Å². The molecule has 2 atom stereocenters. The number of aliphatic hydroxyl groups is 1. The van der Waals surface area contributed by atoms with Gasteiger partial charge in [-0.05, 0) is 42.8 Å². The maximum absolute atomic E-state index is 11.1. The predicted molar refractivity (Wildman–Crippen MR) is 97.1 cm³/mol. The SMILES string of the molecule is CCN1CCC(O)(Cc2ccccc2)CC1Nc1ccc(O)cc1. The molecule has 24 heavy (non-hydrogen) atoms. The molecule has 2 aromatic carbocycles. The zero-order valence-corrected chi connectivity index (χ0v) is 14.2. The summed E-state index contributed by atoms with van der Waals surface area (Å²) in [7, 11) is 0. The first kappa shape index (κ1) is 16.8. The van der Waals surface area contributed by atoms with Crippen LogP contribution < -0.4 is 5.32 Å². The van der Waals surface area contributed by atoms with Crippen LogP contribution in [0.3, 0.4) is 0 Å². The largest absolute Gasteiger partial charge is 0.508 e. The van der Waals surface area contributed by atoms with Crippen LogP contribution in [0.4, 0.5) is 5.69 Å². The van der Waals surface area contributed by atoms with Crippen molar-refractivity contribution in [2.45, 2.75) is 38.0 Å². The van der Waals surface area contributed by atoms with Gasteiger partial charge >= 0.3 is 0 Å². The Morgan fingerprint density at radius 2 is 1.83 bits per heavy atom. The summed E-state index contributed by atoms with van der Waals surface area (Å²) in [4.78, 5) is 2.35. The van der Waals surface area contributed by atoms with E-state index < -0.39 is 5.60 Å². The maximum Gasteiger partial charge on any atom is 0.115 e. The smallest absolute Gasteiger partial charge is 0.115 e. The summed E-state index contributed by atoms with van der Waals surface area (Å²) in [6.07, 6.45) is 2.22. The molecule has 1 aliphatic heterocycles. The van der Waals surface area contributed by atoms with Crippen LogP contribution in [0, 0.1) is 0 Å². The van der Waals surface area contributed by atoms with E-state index in [9.17, 15) is 10.2 Å². The molecule has 1 saturated heterocycles. The number of hydrogen-bond acceptors (Lipinski definition) is 4. The summed E-state index contributed by atoms with van der Waals surface area (Å²) in [5.74, 6) is 0.261. The Kier molecular flexibility index (Phi) is 5.07. The van der Waals surface area contributed by atoms with Gasteiger partial charge in [0.05, 0.1) is 11.8 Å². The molecule has 1 heterocycles. The molecule has 128 valence electrons. The first-order chi connectivity index (χ1) is 11.6. The monoisotopic (exact) mass is 326 g/mol. The highest BCUT2D eigenvalue weighted by molar-refractivity contribution is 5.46. The molecule has 2 aromatic rings. The Hall–Kier alpha value is -2.04. The normalized spacial score (nSPS) is 24.7. The molecular weight excluding hydrogens is 300 g/mol. The molecule has 0 saturated carbocycles. The maximum atomic E-state index is 11.1. The quantitative estimate of drug-likeness (QED) is 0.739. The number of likely N-dealkylation sites (tertiary alicyclic amines) is 1. The summed E-state index contributed by atoms with van der Waals surface area (Å²) in [6.45, 7) is 3.96. The number of piperidine rings is 1. The van der Waals surface area contributed by atoms with Crippen molar-refractivity contribution in [3.05, 3.63) is 60.2 Å². The van der Waals surface area contributed by atoms with Gasteiger partial charge in [0.25, 0.3) is 0 Å². The summed E-state index contributed by atoms with van der Waals surface area (Å²) >= 11 is 0. The fourth-order valence-electron chi connectivity index (χ4n) is 3.51. The van der Waals surface area contributed by atoms with Gasteiger partial charge in [0.15, 0.2) is 0 Å². The molecule has 0 spiro atoms. The number of aromatic hydroxyl groups is 1. The van der Waals surface area contributed by atoms with Crippen LogP contribution in [0.15, 0.2) is 54.6 Å². The fraction of sp³-hybridized carbons (Fsp3) is 0.400. The summed E-state index contributed by atoms with van der Waals surface area (Å²) in [5, 5.41) is 24.1. The van der Waals surface area contributed by atoms with Crippen LogP contribution in [0.25, 0.3) is 0 Å². The van der Waals surface area contributed by atoms with Crippen molar-refractivity contribution in [3.63, 3.8) is 0 Å². The molecule has 2 unspecified atom stereocenters. The standard InChI is InChI=1S/C20H26N2O2/c1-2-22-13-12-20(24,14-16-6-4-3-5-7-16)15-19(22)21-17-8-10-18(23)11-9-17/h3-11,19,21,23-24H,2,12-15H2,1H3. The zero-order valence-electron chi connectivity index (χ0n) is 14.2. The van der Waals surface area contributed by atoms with Crippen molar-refractivity contribution in [1.82, 2.24) is 4.90 Å². The molecule has 0 aromatic heterocycles. The lowest BCUT2D eigenvalue weighted by Gasteiger charge is -2.44. The number of nitrogens with one attached hydrogen (secondary N) is 1. The van der Waals surface area contributed by atoms with Crippen molar-refractivity contribution in [1.29, 1.82) is 0 Å². The number of benzene rings is 2. The Labute approximate surface area is 143 Å².